The van der Waals surface area contributed by atoms with Crippen molar-refractivity contribution in [3.8, 4) is 0 Å². The van der Waals surface area contributed by atoms with Gasteiger partial charge in [-0.25, -0.2) is 19.9 Å². The monoisotopic (exact) mass is 262 g/mol. The van der Waals surface area contributed by atoms with Gasteiger partial charge in [0.1, 0.15) is 18.0 Å². The summed E-state index contributed by atoms with van der Waals surface area (Å²) in [6, 6.07) is 3.73. The molecule has 94 valence electrons. The lowest BCUT2D eigenvalue weighted by Crippen LogP contribution is -2.05. The quantitative estimate of drug-likeness (QED) is 0.626. The molecule has 0 aromatic carbocycles. The molecule has 0 saturated heterocycles. The van der Waals surface area contributed by atoms with Crippen molar-refractivity contribution in [1.29, 1.82) is 0 Å². The Labute approximate surface area is 110 Å². The van der Waals surface area contributed by atoms with Crippen LogP contribution in [0, 0.1) is 0 Å². The minimum atomic E-state index is 0.608. The van der Waals surface area contributed by atoms with E-state index in [4.69, 9.17) is 0 Å². The Morgan fingerprint density at radius 2 is 2.11 bits per heavy atom. The van der Waals surface area contributed by atoms with Crippen LogP contribution >= 0.6 is 11.8 Å². The van der Waals surface area contributed by atoms with E-state index in [0.29, 0.717) is 6.54 Å². The molecule has 0 atom stereocenters. The highest BCUT2D eigenvalue weighted by Gasteiger charge is 2.03. The molecule has 2 aromatic rings. The molecule has 0 saturated carbocycles. The number of anilines is 2. The largest absolute Gasteiger partial charge is 0.373 e. The van der Waals surface area contributed by atoms with Gasteiger partial charge >= 0.3 is 0 Å². The molecule has 7 heteroatoms. The second-order valence-electron chi connectivity index (χ2n) is 3.43. The first-order chi connectivity index (χ1) is 8.81. The minimum Gasteiger partial charge on any atom is -0.373 e. The van der Waals surface area contributed by atoms with Crippen molar-refractivity contribution >= 4 is 23.4 Å². The second-order valence-corrected chi connectivity index (χ2v) is 4.20. The standard InChI is InChI=1S/C11H14N6S/c1-12-9-5-10(17-11(16-9)18-2)14-6-8-3-4-13-7-15-8/h3-5,7H,6H2,1-2H3,(H2,12,14,16,17). The molecule has 2 N–H and O–H groups in total. The van der Waals surface area contributed by atoms with Crippen LogP contribution in [-0.4, -0.2) is 33.2 Å². The zero-order valence-corrected chi connectivity index (χ0v) is 11.0. The third-order valence-electron chi connectivity index (χ3n) is 2.24. The molecule has 0 unspecified atom stereocenters. The molecule has 2 aromatic heterocycles. The van der Waals surface area contributed by atoms with Crippen molar-refractivity contribution in [3.05, 3.63) is 30.4 Å². The topological polar surface area (TPSA) is 75.6 Å². The fourth-order valence-corrected chi connectivity index (χ4v) is 1.72. The molecule has 0 radical (unpaired) electrons. The highest BCUT2D eigenvalue weighted by Crippen LogP contribution is 2.17. The van der Waals surface area contributed by atoms with Crippen molar-refractivity contribution in [2.24, 2.45) is 0 Å². The van der Waals surface area contributed by atoms with Gasteiger partial charge in [-0.15, -0.1) is 0 Å². The zero-order valence-electron chi connectivity index (χ0n) is 10.2. The first-order valence-corrected chi connectivity index (χ1v) is 6.64. The van der Waals surface area contributed by atoms with Crippen LogP contribution < -0.4 is 10.6 Å². The van der Waals surface area contributed by atoms with Gasteiger partial charge in [-0.1, -0.05) is 11.8 Å². The minimum absolute atomic E-state index is 0.608. The van der Waals surface area contributed by atoms with Crippen LogP contribution in [0.5, 0.6) is 0 Å². The lowest BCUT2D eigenvalue weighted by atomic mass is 10.4. The van der Waals surface area contributed by atoms with Crippen LogP contribution in [0.2, 0.25) is 0 Å². The van der Waals surface area contributed by atoms with E-state index < -0.39 is 0 Å². The van der Waals surface area contributed by atoms with Gasteiger partial charge < -0.3 is 10.6 Å². The molecule has 0 aliphatic rings. The number of nitrogens with one attached hydrogen (secondary N) is 2. The molecule has 0 spiro atoms. The Morgan fingerprint density at radius 3 is 2.78 bits per heavy atom. The van der Waals surface area contributed by atoms with Crippen LogP contribution in [0.4, 0.5) is 11.6 Å². The summed E-state index contributed by atoms with van der Waals surface area (Å²) < 4.78 is 0. The van der Waals surface area contributed by atoms with Gasteiger partial charge in [0.2, 0.25) is 0 Å². The Morgan fingerprint density at radius 1 is 1.28 bits per heavy atom. The fourth-order valence-electron chi connectivity index (χ4n) is 1.34. The number of rotatable bonds is 5. The van der Waals surface area contributed by atoms with Gasteiger partial charge in [-0.3, -0.25) is 0 Å². The molecule has 2 rings (SSSR count). The van der Waals surface area contributed by atoms with E-state index in [-0.39, 0.29) is 0 Å². The summed E-state index contributed by atoms with van der Waals surface area (Å²) in [6.45, 7) is 0.608. The highest BCUT2D eigenvalue weighted by atomic mass is 32.2. The van der Waals surface area contributed by atoms with Crippen LogP contribution in [0.25, 0.3) is 0 Å². The smallest absolute Gasteiger partial charge is 0.191 e. The maximum absolute atomic E-state index is 4.37. The van der Waals surface area contributed by atoms with Gasteiger partial charge in [-0.2, -0.15) is 0 Å². The maximum atomic E-state index is 4.37. The second kappa shape index (κ2) is 6.15. The first kappa shape index (κ1) is 12.6. The third kappa shape index (κ3) is 3.30. The Hall–Kier alpha value is -1.89. The molecule has 0 aliphatic heterocycles. The molecular formula is C11H14N6S. The average Bonchev–Trinajstić information content (AvgIpc) is 2.45. The predicted octanol–water partition coefficient (Wildman–Crippen LogP) is 1.64. The summed E-state index contributed by atoms with van der Waals surface area (Å²) in [7, 11) is 1.83. The number of nitrogens with zero attached hydrogens (tertiary/aromatic N) is 4. The van der Waals surface area contributed by atoms with Gasteiger partial charge in [0.05, 0.1) is 12.2 Å². The summed E-state index contributed by atoms with van der Waals surface area (Å²) in [6.07, 6.45) is 5.20. The van der Waals surface area contributed by atoms with Crippen LogP contribution in [0.15, 0.2) is 29.8 Å². The van der Waals surface area contributed by atoms with Crippen molar-refractivity contribution in [1.82, 2.24) is 19.9 Å². The molecule has 0 bridgehead atoms. The molecule has 6 nitrogen and oxygen atoms in total. The first-order valence-electron chi connectivity index (χ1n) is 5.41. The molecule has 0 amide bonds. The predicted molar refractivity (Wildman–Crippen MR) is 72.7 cm³/mol. The molecule has 2 heterocycles. The number of thioether (sulfide) groups is 1. The summed E-state index contributed by atoms with van der Waals surface area (Å²) in [5.74, 6) is 1.57. The highest BCUT2D eigenvalue weighted by molar-refractivity contribution is 7.98. The van der Waals surface area contributed by atoms with Crippen molar-refractivity contribution in [3.63, 3.8) is 0 Å². The molecule has 18 heavy (non-hydrogen) atoms. The summed E-state index contributed by atoms with van der Waals surface area (Å²) in [5.41, 5.74) is 0.917. The summed E-state index contributed by atoms with van der Waals surface area (Å²) >= 11 is 1.51. The van der Waals surface area contributed by atoms with E-state index in [2.05, 4.69) is 30.6 Å². The lowest BCUT2D eigenvalue weighted by Gasteiger charge is -2.08. The number of hydrogen-bond acceptors (Lipinski definition) is 7. The summed E-state index contributed by atoms with van der Waals surface area (Å²) in [5, 5.41) is 6.95. The average molecular weight is 262 g/mol. The van der Waals surface area contributed by atoms with E-state index in [0.717, 1.165) is 22.5 Å². The van der Waals surface area contributed by atoms with Crippen molar-refractivity contribution in [2.75, 3.05) is 23.9 Å². The fraction of sp³-hybridized carbons (Fsp3) is 0.273. The van der Waals surface area contributed by atoms with E-state index >= 15 is 0 Å². The van der Waals surface area contributed by atoms with Gasteiger partial charge in [0, 0.05) is 19.3 Å². The van der Waals surface area contributed by atoms with Gasteiger partial charge in [0.25, 0.3) is 0 Å². The SMILES string of the molecule is CNc1cc(NCc2ccncn2)nc(SC)n1. The number of hydrogen-bond donors (Lipinski definition) is 2. The van der Waals surface area contributed by atoms with Crippen LogP contribution in [0.3, 0.4) is 0 Å². The summed E-state index contributed by atoms with van der Waals surface area (Å²) in [4.78, 5) is 16.7. The Balaban J connectivity index is 2.09. The lowest BCUT2D eigenvalue weighted by molar-refractivity contribution is 0.941. The van der Waals surface area contributed by atoms with Gasteiger partial charge in [0.15, 0.2) is 5.16 Å². The zero-order chi connectivity index (χ0) is 12.8. The van der Waals surface area contributed by atoms with E-state index in [1.165, 1.54) is 18.1 Å². The van der Waals surface area contributed by atoms with Crippen LogP contribution in [0.1, 0.15) is 5.69 Å². The molecular weight excluding hydrogens is 248 g/mol. The Kier molecular flexibility index (Phi) is 4.30. The molecule has 0 fully saturated rings. The third-order valence-corrected chi connectivity index (χ3v) is 2.79. The van der Waals surface area contributed by atoms with Crippen molar-refractivity contribution in [2.45, 2.75) is 11.7 Å². The number of aromatic nitrogens is 4. The van der Waals surface area contributed by atoms with Crippen molar-refractivity contribution < 1.29 is 0 Å². The Bertz CT molecular complexity index is 482. The van der Waals surface area contributed by atoms with E-state index in [1.807, 2.05) is 25.4 Å². The maximum Gasteiger partial charge on any atom is 0.191 e. The van der Waals surface area contributed by atoms with Gasteiger partial charge in [-0.05, 0) is 12.3 Å². The normalized spacial score (nSPS) is 10.1. The molecule has 0 aliphatic carbocycles. The van der Waals surface area contributed by atoms with Crippen LogP contribution in [-0.2, 0) is 6.54 Å². The van der Waals surface area contributed by atoms with E-state index in [1.54, 1.807) is 6.20 Å². The van der Waals surface area contributed by atoms with E-state index in [9.17, 15) is 0 Å².